The van der Waals surface area contributed by atoms with Gasteiger partial charge in [-0.15, -0.1) is 0 Å². The first-order valence-corrected chi connectivity index (χ1v) is 5.87. The normalized spacial score (nSPS) is 10.6. The molecule has 1 rings (SSSR count). The van der Waals surface area contributed by atoms with E-state index < -0.39 is 15.8 Å². The molecule has 0 saturated carbocycles. The number of hydrogen-bond acceptors (Lipinski definition) is 4. The van der Waals surface area contributed by atoms with Crippen LogP contribution < -0.4 is 4.72 Å². The van der Waals surface area contributed by atoms with E-state index in [9.17, 15) is 18.5 Å². The molecule has 0 aliphatic heterocycles. The van der Waals surface area contributed by atoms with Crippen LogP contribution in [0.15, 0.2) is 18.2 Å². The predicted molar refractivity (Wildman–Crippen MR) is 60.1 cm³/mol. The number of nitrogens with zero attached hydrogens (tertiary/aromatic N) is 1. The Kier molecular flexibility index (Phi) is 4.66. The van der Waals surface area contributed by atoms with E-state index in [1.54, 1.807) is 0 Å². The molecule has 0 fully saturated rings. The van der Waals surface area contributed by atoms with Gasteiger partial charge in [0.25, 0.3) is 5.69 Å². The third kappa shape index (κ3) is 3.76. The number of nitro groups is 1. The van der Waals surface area contributed by atoms with Crippen molar-refractivity contribution in [1.29, 1.82) is 0 Å². The fourth-order valence-electron chi connectivity index (χ4n) is 1.21. The predicted octanol–water partition coefficient (Wildman–Crippen LogP) is 0.907. The van der Waals surface area contributed by atoms with Gasteiger partial charge in [-0.25, -0.2) is 13.1 Å². The van der Waals surface area contributed by atoms with Crippen LogP contribution in [-0.2, 0) is 17.3 Å². The Bertz CT molecular complexity index is 467. The third-order valence-corrected chi connectivity index (χ3v) is 2.59. The van der Waals surface area contributed by atoms with E-state index in [2.05, 4.69) is 4.72 Å². The topological polar surface area (TPSA) is 89.3 Å². The second kappa shape index (κ2) is 5.78. The SMILES string of the molecule is O=[N+]([O-])c1ccc(Cl)cc1CCN[SH](=O)=O. The number of thiol groups is 1. The van der Waals surface area contributed by atoms with Crippen molar-refractivity contribution in [2.24, 2.45) is 0 Å². The zero-order valence-electron chi connectivity index (χ0n) is 8.05. The van der Waals surface area contributed by atoms with Gasteiger partial charge >= 0.3 is 0 Å². The molecule has 0 spiro atoms. The Hall–Kier alpha value is -1.18. The van der Waals surface area contributed by atoms with Gasteiger partial charge in [-0.1, -0.05) is 11.6 Å². The van der Waals surface area contributed by atoms with Crippen LogP contribution in [-0.4, -0.2) is 19.9 Å². The van der Waals surface area contributed by atoms with Gasteiger partial charge in [0.2, 0.25) is 10.9 Å². The summed E-state index contributed by atoms with van der Waals surface area (Å²) in [6.45, 7) is 0.111. The van der Waals surface area contributed by atoms with Gasteiger partial charge in [0.05, 0.1) is 4.92 Å². The number of nitrogens with one attached hydrogen (secondary N) is 1. The minimum atomic E-state index is -2.68. The van der Waals surface area contributed by atoms with Gasteiger partial charge < -0.3 is 0 Å². The van der Waals surface area contributed by atoms with E-state index in [-0.39, 0.29) is 18.7 Å². The first kappa shape index (κ1) is 12.9. The molecule has 0 aliphatic rings. The molecule has 6 nitrogen and oxygen atoms in total. The van der Waals surface area contributed by atoms with E-state index >= 15 is 0 Å². The molecule has 1 aromatic carbocycles. The molecule has 16 heavy (non-hydrogen) atoms. The van der Waals surface area contributed by atoms with Crippen molar-refractivity contribution in [3.05, 3.63) is 38.9 Å². The minimum Gasteiger partial charge on any atom is -0.258 e. The fraction of sp³-hybridized carbons (Fsp3) is 0.250. The van der Waals surface area contributed by atoms with Gasteiger partial charge in [-0.2, -0.15) is 0 Å². The summed E-state index contributed by atoms with van der Waals surface area (Å²) in [6, 6.07) is 4.18. The Balaban J connectivity index is 2.84. The molecule has 88 valence electrons. The maximum Gasteiger partial charge on any atom is 0.272 e. The average Bonchev–Trinajstić information content (AvgIpc) is 2.16. The Morgan fingerprint density at radius 1 is 1.44 bits per heavy atom. The summed E-state index contributed by atoms with van der Waals surface area (Å²) in [5, 5.41) is 11.0. The molecule has 0 saturated heterocycles. The van der Waals surface area contributed by atoms with Crippen molar-refractivity contribution in [3.63, 3.8) is 0 Å². The summed E-state index contributed by atoms with van der Waals surface area (Å²) in [7, 11) is -2.68. The summed E-state index contributed by atoms with van der Waals surface area (Å²) in [6.07, 6.45) is 0.222. The second-order valence-corrected chi connectivity index (χ2v) is 4.21. The average molecular weight is 265 g/mol. The first-order chi connectivity index (χ1) is 7.50. The molecule has 1 aromatic rings. The lowest BCUT2D eigenvalue weighted by molar-refractivity contribution is -0.385. The summed E-state index contributed by atoms with van der Waals surface area (Å²) < 4.78 is 22.7. The molecule has 0 aromatic heterocycles. The quantitative estimate of drug-likeness (QED) is 0.470. The second-order valence-electron chi connectivity index (χ2n) is 2.95. The van der Waals surface area contributed by atoms with Crippen molar-refractivity contribution < 1.29 is 13.3 Å². The van der Waals surface area contributed by atoms with Crippen molar-refractivity contribution >= 4 is 28.2 Å². The highest BCUT2D eigenvalue weighted by Crippen LogP contribution is 2.22. The summed E-state index contributed by atoms with van der Waals surface area (Å²) in [4.78, 5) is 10.1. The standard InChI is InChI=1S/C8H9ClN2O4S/c9-7-1-2-8(11(12)13)6(5-7)3-4-10-16(14)15/h1-2,5,16H,3-4H2,(H,10,14,15). The monoisotopic (exact) mass is 264 g/mol. The van der Waals surface area contributed by atoms with Crippen molar-refractivity contribution in [1.82, 2.24) is 4.72 Å². The first-order valence-electron chi connectivity index (χ1n) is 4.31. The van der Waals surface area contributed by atoms with E-state index in [0.29, 0.717) is 10.6 Å². The Labute approximate surface area is 98.5 Å². The van der Waals surface area contributed by atoms with E-state index in [4.69, 9.17) is 11.6 Å². The van der Waals surface area contributed by atoms with Crippen LogP contribution in [0, 0.1) is 10.1 Å². The van der Waals surface area contributed by atoms with Gasteiger partial charge in [-0.05, 0) is 18.6 Å². The molecule has 0 bridgehead atoms. The van der Waals surface area contributed by atoms with Crippen LogP contribution in [0.4, 0.5) is 5.69 Å². The number of nitro benzene ring substituents is 1. The fourth-order valence-corrected chi connectivity index (χ4v) is 1.70. The summed E-state index contributed by atoms with van der Waals surface area (Å²) >= 11 is 5.70. The molecule has 0 atom stereocenters. The van der Waals surface area contributed by atoms with E-state index in [1.807, 2.05) is 0 Å². The molecular weight excluding hydrogens is 256 g/mol. The summed E-state index contributed by atoms with van der Waals surface area (Å²) in [5.74, 6) is 0. The highest BCUT2D eigenvalue weighted by atomic mass is 35.5. The van der Waals surface area contributed by atoms with E-state index in [0.717, 1.165) is 0 Å². The summed E-state index contributed by atoms with van der Waals surface area (Å²) in [5.41, 5.74) is 0.342. The lowest BCUT2D eigenvalue weighted by Crippen LogP contribution is -2.15. The van der Waals surface area contributed by atoms with Gasteiger partial charge in [-0.3, -0.25) is 10.1 Å². The third-order valence-electron chi connectivity index (χ3n) is 1.87. The maximum absolute atomic E-state index is 10.7. The molecule has 0 amide bonds. The molecule has 8 heteroatoms. The lowest BCUT2D eigenvalue weighted by atomic mass is 10.1. The maximum atomic E-state index is 10.7. The van der Waals surface area contributed by atoms with Crippen LogP contribution in [0.2, 0.25) is 5.02 Å². The number of halogens is 1. The Morgan fingerprint density at radius 2 is 2.12 bits per heavy atom. The number of benzene rings is 1. The molecule has 1 N–H and O–H groups in total. The molecule has 0 aliphatic carbocycles. The Morgan fingerprint density at radius 3 is 2.69 bits per heavy atom. The highest BCUT2D eigenvalue weighted by molar-refractivity contribution is 7.70. The smallest absolute Gasteiger partial charge is 0.258 e. The van der Waals surface area contributed by atoms with Crippen LogP contribution in [0.25, 0.3) is 0 Å². The molecule has 0 heterocycles. The van der Waals surface area contributed by atoms with Crippen LogP contribution in [0.5, 0.6) is 0 Å². The van der Waals surface area contributed by atoms with Crippen LogP contribution >= 0.6 is 11.6 Å². The van der Waals surface area contributed by atoms with E-state index in [1.165, 1.54) is 18.2 Å². The van der Waals surface area contributed by atoms with Crippen LogP contribution in [0.3, 0.4) is 0 Å². The number of hydrogen-bond donors (Lipinski definition) is 2. The zero-order chi connectivity index (χ0) is 12.1. The number of rotatable bonds is 5. The van der Waals surface area contributed by atoms with Gasteiger partial charge in [0.15, 0.2) is 0 Å². The van der Waals surface area contributed by atoms with Crippen LogP contribution in [0.1, 0.15) is 5.56 Å². The zero-order valence-corrected chi connectivity index (χ0v) is 9.70. The molecule has 0 unspecified atom stereocenters. The highest BCUT2D eigenvalue weighted by Gasteiger charge is 2.13. The largest absolute Gasteiger partial charge is 0.272 e. The molecule has 0 radical (unpaired) electrons. The van der Waals surface area contributed by atoms with Gasteiger partial charge in [0, 0.05) is 23.2 Å². The lowest BCUT2D eigenvalue weighted by Gasteiger charge is -2.02. The minimum absolute atomic E-state index is 0.0627. The van der Waals surface area contributed by atoms with Gasteiger partial charge in [0.1, 0.15) is 0 Å². The molecular formula is C8H9ClN2O4S. The van der Waals surface area contributed by atoms with Crippen molar-refractivity contribution in [3.8, 4) is 0 Å². The van der Waals surface area contributed by atoms with Crippen molar-refractivity contribution in [2.75, 3.05) is 6.54 Å². The van der Waals surface area contributed by atoms with Crippen molar-refractivity contribution in [2.45, 2.75) is 6.42 Å².